The molecule has 0 spiro atoms. The molecule has 1 aliphatic heterocycles. The zero-order chi connectivity index (χ0) is 14.4. The first-order valence-electron chi connectivity index (χ1n) is 7.38. The number of carboxylic acids is 1. The maximum Gasteiger partial charge on any atom is 0.335 e. The number of likely N-dealkylation sites (tertiary alicyclic amines) is 1. The average Bonchev–Trinajstić information content (AvgIpc) is 2.47. The van der Waals surface area contributed by atoms with Crippen LogP contribution in [0.1, 0.15) is 35.2 Å². The highest BCUT2D eigenvalue weighted by molar-refractivity contribution is 5.87. The maximum absolute atomic E-state index is 10.8. The Kier molecular flexibility index (Phi) is 5.56. The number of hydrogen-bond acceptors (Lipinski definition) is 3. The molecule has 4 heteroatoms. The van der Waals surface area contributed by atoms with E-state index >= 15 is 0 Å². The molecule has 0 saturated carbocycles. The summed E-state index contributed by atoms with van der Waals surface area (Å²) in [4.78, 5) is 15.6. The fourth-order valence-electron chi connectivity index (χ4n) is 2.64. The van der Waals surface area contributed by atoms with Crippen LogP contribution >= 0.6 is 0 Å². The molecule has 1 fully saturated rings. The summed E-state index contributed by atoms with van der Waals surface area (Å²) in [6.07, 6.45) is 4.04. The first kappa shape index (κ1) is 15.0. The van der Waals surface area contributed by atoms with Crippen molar-refractivity contribution in [2.24, 2.45) is 0 Å². The van der Waals surface area contributed by atoms with E-state index in [1.165, 1.54) is 32.4 Å². The van der Waals surface area contributed by atoms with Gasteiger partial charge >= 0.3 is 5.97 Å². The van der Waals surface area contributed by atoms with Crippen LogP contribution in [0.3, 0.4) is 0 Å². The van der Waals surface area contributed by atoms with Crippen LogP contribution in [-0.2, 0) is 6.54 Å². The number of nitrogens with zero attached hydrogens (tertiary/aromatic N) is 2. The molecule has 0 atom stereocenters. The summed E-state index contributed by atoms with van der Waals surface area (Å²) in [5.41, 5.74) is 1.51. The Labute approximate surface area is 121 Å². The summed E-state index contributed by atoms with van der Waals surface area (Å²) < 4.78 is 0. The zero-order valence-electron chi connectivity index (χ0n) is 12.2. The van der Waals surface area contributed by atoms with Crippen molar-refractivity contribution < 1.29 is 9.90 Å². The van der Waals surface area contributed by atoms with Crippen LogP contribution < -0.4 is 0 Å². The van der Waals surface area contributed by atoms with E-state index in [1.54, 1.807) is 12.1 Å². The fraction of sp³-hybridized carbons (Fsp3) is 0.562. The quantitative estimate of drug-likeness (QED) is 0.866. The zero-order valence-corrected chi connectivity index (χ0v) is 12.2. The predicted octanol–water partition coefficient (Wildman–Crippen LogP) is 2.30. The van der Waals surface area contributed by atoms with Gasteiger partial charge < -0.3 is 14.9 Å². The van der Waals surface area contributed by atoms with Gasteiger partial charge in [0.05, 0.1) is 5.56 Å². The Morgan fingerprint density at radius 2 is 1.85 bits per heavy atom. The van der Waals surface area contributed by atoms with Crippen LogP contribution in [0, 0.1) is 0 Å². The summed E-state index contributed by atoms with van der Waals surface area (Å²) in [6, 6.07) is 7.16. The van der Waals surface area contributed by atoms with E-state index in [4.69, 9.17) is 5.11 Å². The lowest BCUT2D eigenvalue weighted by molar-refractivity contribution is 0.0697. The molecule has 4 nitrogen and oxygen atoms in total. The molecule has 0 aliphatic carbocycles. The minimum Gasteiger partial charge on any atom is -0.478 e. The van der Waals surface area contributed by atoms with E-state index in [-0.39, 0.29) is 0 Å². The number of hydrogen-bond donors (Lipinski definition) is 1. The van der Waals surface area contributed by atoms with Crippen molar-refractivity contribution >= 4 is 5.97 Å². The topological polar surface area (TPSA) is 43.8 Å². The smallest absolute Gasteiger partial charge is 0.335 e. The molecule has 1 saturated heterocycles. The molecule has 1 N–H and O–H groups in total. The predicted molar refractivity (Wildman–Crippen MR) is 80.0 cm³/mol. The fourth-order valence-corrected chi connectivity index (χ4v) is 2.64. The summed E-state index contributed by atoms with van der Waals surface area (Å²) in [5, 5.41) is 8.87. The van der Waals surface area contributed by atoms with Gasteiger partial charge in [-0.2, -0.15) is 0 Å². The number of rotatable bonds is 6. The maximum atomic E-state index is 10.8. The van der Waals surface area contributed by atoms with Gasteiger partial charge in [-0.3, -0.25) is 0 Å². The van der Waals surface area contributed by atoms with Crippen molar-refractivity contribution in [1.82, 2.24) is 9.80 Å². The lowest BCUT2D eigenvalue weighted by atomic mass is 10.1. The number of carbonyl (C=O) groups is 1. The van der Waals surface area contributed by atoms with Crippen LogP contribution in [0.2, 0.25) is 0 Å². The van der Waals surface area contributed by atoms with Gasteiger partial charge in [-0.25, -0.2) is 4.79 Å². The minimum absolute atomic E-state index is 0.352. The molecule has 1 aliphatic rings. The Morgan fingerprint density at radius 3 is 2.45 bits per heavy atom. The summed E-state index contributed by atoms with van der Waals surface area (Å²) in [5.74, 6) is -0.866. The van der Waals surface area contributed by atoms with Crippen LogP contribution in [0.5, 0.6) is 0 Å². The third-order valence-corrected chi connectivity index (χ3v) is 3.90. The molecule has 110 valence electrons. The largest absolute Gasteiger partial charge is 0.478 e. The van der Waals surface area contributed by atoms with Crippen molar-refractivity contribution in [2.45, 2.75) is 25.8 Å². The monoisotopic (exact) mass is 276 g/mol. The Morgan fingerprint density at radius 1 is 1.20 bits per heavy atom. The number of piperidine rings is 1. The van der Waals surface area contributed by atoms with E-state index in [9.17, 15) is 4.79 Å². The third kappa shape index (κ3) is 4.62. The van der Waals surface area contributed by atoms with Gasteiger partial charge in [0.2, 0.25) is 0 Å². The highest BCUT2D eigenvalue weighted by atomic mass is 16.4. The number of carboxylic acid groups (broad SMARTS) is 1. The van der Waals surface area contributed by atoms with Crippen LogP contribution in [0.15, 0.2) is 24.3 Å². The van der Waals surface area contributed by atoms with Gasteiger partial charge in [-0.15, -0.1) is 0 Å². The molecule has 1 aromatic carbocycles. The summed E-state index contributed by atoms with van der Waals surface area (Å²) in [7, 11) is 2.12. The van der Waals surface area contributed by atoms with Crippen molar-refractivity contribution in [1.29, 1.82) is 0 Å². The molecule has 0 amide bonds. The Bertz CT molecular complexity index is 425. The number of likely N-dealkylation sites (N-methyl/N-ethyl adjacent to an activating group) is 1. The summed E-state index contributed by atoms with van der Waals surface area (Å²) in [6.45, 7) is 5.53. The van der Waals surface area contributed by atoms with Gasteiger partial charge in [0, 0.05) is 19.6 Å². The van der Waals surface area contributed by atoms with Gasteiger partial charge in [0.1, 0.15) is 0 Å². The first-order chi connectivity index (χ1) is 9.65. The van der Waals surface area contributed by atoms with Gasteiger partial charge in [-0.1, -0.05) is 18.6 Å². The molecular weight excluding hydrogens is 252 g/mol. The molecule has 0 bridgehead atoms. The van der Waals surface area contributed by atoms with Crippen molar-refractivity contribution in [3.05, 3.63) is 35.4 Å². The molecule has 1 heterocycles. The molecular formula is C16H24N2O2. The minimum atomic E-state index is -0.866. The van der Waals surface area contributed by atoms with Crippen LogP contribution in [0.25, 0.3) is 0 Å². The van der Waals surface area contributed by atoms with Crippen molar-refractivity contribution in [3.63, 3.8) is 0 Å². The van der Waals surface area contributed by atoms with E-state index in [2.05, 4.69) is 16.8 Å². The van der Waals surface area contributed by atoms with Gasteiger partial charge in [0.25, 0.3) is 0 Å². The highest BCUT2D eigenvalue weighted by Gasteiger charge is 2.10. The second-order valence-corrected chi connectivity index (χ2v) is 5.64. The lowest BCUT2D eigenvalue weighted by Crippen LogP contribution is -2.36. The number of aromatic carboxylic acids is 1. The highest BCUT2D eigenvalue weighted by Crippen LogP contribution is 2.09. The van der Waals surface area contributed by atoms with E-state index < -0.39 is 5.97 Å². The second kappa shape index (κ2) is 7.41. The normalized spacial score (nSPS) is 16.5. The first-order valence-corrected chi connectivity index (χ1v) is 7.38. The Hall–Kier alpha value is -1.39. The third-order valence-electron chi connectivity index (χ3n) is 3.90. The van der Waals surface area contributed by atoms with Crippen molar-refractivity contribution in [2.75, 3.05) is 33.2 Å². The molecule has 0 radical (unpaired) electrons. The Balaban J connectivity index is 1.75. The lowest BCUT2D eigenvalue weighted by Gasteiger charge is -2.28. The van der Waals surface area contributed by atoms with E-state index in [1.807, 2.05) is 12.1 Å². The molecule has 1 aromatic rings. The standard InChI is InChI=1S/C16H24N2O2/c1-17(11-12-18-9-3-2-4-10-18)13-14-5-7-15(8-6-14)16(19)20/h5-8H,2-4,9-13H2,1H3,(H,19,20). The number of benzene rings is 1. The molecule has 0 unspecified atom stereocenters. The SMILES string of the molecule is CN(CCN1CCCCC1)Cc1ccc(C(=O)O)cc1. The van der Waals surface area contributed by atoms with Crippen molar-refractivity contribution in [3.8, 4) is 0 Å². The van der Waals surface area contributed by atoms with Gasteiger partial charge in [0.15, 0.2) is 0 Å². The van der Waals surface area contributed by atoms with Crippen LogP contribution in [-0.4, -0.2) is 54.1 Å². The molecule has 20 heavy (non-hydrogen) atoms. The van der Waals surface area contributed by atoms with Gasteiger partial charge in [-0.05, 0) is 50.7 Å². The second-order valence-electron chi connectivity index (χ2n) is 5.64. The molecule has 0 aromatic heterocycles. The van der Waals surface area contributed by atoms with E-state index in [0.717, 1.165) is 25.2 Å². The van der Waals surface area contributed by atoms with Crippen LogP contribution in [0.4, 0.5) is 0 Å². The summed E-state index contributed by atoms with van der Waals surface area (Å²) >= 11 is 0. The molecule has 2 rings (SSSR count). The van der Waals surface area contributed by atoms with E-state index in [0.29, 0.717) is 5.56 Å². The average molecular weight is 276 g/mol.